The van der Waals surface area contributed by atoms with Gasteiger partial charge in [-0.15, -0.1) is 0 Å². The number of carbonyl (C=O) groups is 1. The van der Waals surface area contributed by atoms with Gasteiger partial charge in [0, 0.05) is 30.5 Å². The third-order valence-corrected chi connectivity index (χ3v) is 5.62. The Kier molecular flexibility index (Phi) is 4.74. The molecular formula is C19H20F4N4O2. The molecule has 2 unspecified atom stereocenters. The predicted octanol–water partition coefficient (Wildman–Crippen LogP) is 2.68. The maximum atomic E-state index is 14.0. The summed E-state index contributed by atoms with van der Waals surface area (Å²) in [5, 5.41) is 4.27. The van der Waals surface area contributed by atoms with Crippen LogP contribution in [0.25, 0.3) is 0 Å². The Bertz CT molecular complexity index is 1020. The van der Waals surface area contributed by atoms with Crippen LogP contribution in [0.1, 0.15) is 49.5 Å². The lowest BCUT2D eigenvalue weighted by molar-refractivity contribution is -0.136. The molecule has 0 bridgehead atoms. The van der Waals surface area contributed by atoms with Gasteiger partial charge >= 0.3 is 5.69 Å². The van der Waals surface area contributed by atoms with Gasteiger partial charge in [0.05, 0.1) is 13.1 Å². The highest BCUT2D eigenvalue weighted by atomic mass is 19.3. The molecule has 1 saturated heterocycles. The van der Waals surface area contributed by atoms with Crippen LogP contribution in [0.15, 0.2) is 23.0 Å². The van der Waals surface area contributed by atoms with Crippen molar-refractivity contribution in [2.75, 3.05) is 13.1 Å². The van der Waals surface area contributed by atoms with Gasteiger partial charge in [-0.2, -0.15) is 5.10 Å². The highest BCUT2D eigenvalue weighted by molar-refractivity contribution is 5.81. The highest BCUT2D eigenvalue weighted by Gasteiger charge is 2.44. The Balaban J connectivity index is 1.67. The zero-order valence-electron chi connectivity index (χ0n) is 15.7. The number of rotatable bonds is 3. The molecule has 1 amide bonds. The van der Waals surface area contributed by atoms with E-state index in [4.69, 9.17) is 0 Å². The van der Waals surface area contributed by atoms with Crippen molar-refractivity contribution in [3.63, 3.8) is 0 Å². The van der Waals surface area contributed by atoms with Crippen LogP contribution in [-0.2, 0) is 11.3 Å². The van der Waals surface area contributed by atoms with Crippen LogP contribution < -0.4 is 5.69 Å². The summed E-state index contributed by atoms with van der Waals surface area (Å²) in [5.41, 5.74) is -0.529. The summed E-state index contributed by atoms with van der Waals surface area (Å²) in [7, 11) is 0. The number of benzene rings is 1. The molecule has 3 heterocycles. The summed E-state index contributed by atoms with van der Waals surface area (Å²) < 4.78 is 56.4. The van der Waals surface area contributed by atoms with Gasteiger partial charge in [0.15, 0.2) is 0 Å². The number of amides is 1. The van der Waals surface area contributed by atoms with E-state index in [0.717, 1.165) is 21.7 Å². The van der Waals surface area contributed by atoms with Crippen molar-refractivity contribution in [1.29, 1.82) is 0 Å². The minimum atomic E-state index is -2.92. The molecule has 1 aromatic heterocycles. The predicted molar refractivity (Wildman–Crippen MR) is 94.8 cm³/mol. The van der Waals surface area contributed by atoms with Crippen LogP contribution >= 0.6 is 0 Å². The molecule has 0 radical (unpaired) electrons. The van der Waals surface area contributed by atoms with Gasteiger partial charge < -0.3 is 4.90 Å². The first kappa shape index (κ1) is 19.7. The van der Waals surface area contributed by atoms with Gasteiger partial charge in [-0.05, 0) is 18.9 Å². The number of hydrogen-bond donors (Lipinski definition) is 0. The molecule has 4 rings (SSSR count). The molecule has 2 atom stereocenters. The SMILES string of the molecule is CC1CCC(C(=O)N2CCC(F)(F)C2)n2c1nn(Cc1ccc(F)cc1F)c2=O. The van der Waals surface area contributed by atoms with Gasteiger partial charge in [0.2, 0.25) is 5.91 Å². The summed E-state index contributed by atoms with van der Waals surface area (Å²) in [6.07, 6.45) is 0.514. The molecule has 2 aliphatic heterocycles. The van der Waals surface area contributed by atoms with Gasteiger partial charge in [0.25, 0.3) is 5.92 Å². The Morgan fingerprint density at radius 1 is 1.28 bits per heavy atom. The maximum Gasteiger partial charge on any atom is 0.347 e. The molecule has 0 N–H and O–H groups in total. The summed E-state index contributed by atoms with van der Waals surface area (Å²) in [5.74, 6) is -4.73. The Hall–Kier alpha value is -2.65. The second kappa shape index (κ2) is 7.00. The monoisotopic (exact) mass is 412 g/mol. The van der Waals surface area contributed by atoms with E-state index in [9.17, 15) is 27.2 Å². The molecule has 156 valence electrons. The number of hydrogen-bond acceptors (Lipinski definition) is 3. The molecule has 0 spiro atoms. The largest absolute Gasteiger partial charge is 0.347 e. The third-order valence-electron chi connectivity index (χ3n) is 5.62. The molecule has 29 heavy (non-hydrogen) atoms. The molecular weight excluding hydrogens is 392 g/mol. The molecule has 0 saturated carbocycles. The minimum Gasteiger partial charge on any atom is -0.335 e. The van der Waals surface area contributed by atoms with Crippen LogP contribution in [0.2, 0.25) is 0 Å². The zero-order chi connectivity index (χ0) is 20.9. The zero-order valence-corrected chi connectivity index (χ0v) is 15.7. The number of carbonyl (C=O) groups excluding carboxylic acids is 1. The number of fused-ring (bicyclic) bond motifs is 1. The number of nitrogens with zero attached hydrogens (tertiary/aromatic N) is 4. The van der Waals surface area contributed by atoms with Crippen molar-refractivity contribution in [3.8, 4) is 0 Å². The van der Waals surface area contributed by atoms with E-state index in [1.807, 2.05) is 6.92 Å². The van der Waals surface area contributed by atoms with E-state index in [2.05, 4.69) is 5.10 Å². The first-order valence-corrected chi connectivity index (χ1v) is 9.46. The van der Waals surface area contributed by atoms with Gasteiger partial charge in [-0.1, -0.05) is 13.0 Å². The van der Waals surface area contributed by atoms with Crippen molar-refractivity contribution >= 4 is 5.91 Å². The van der Waals surface area contributed by atoms with E-state index in [-0.39, 0.29) is 24.6 Å². The number of alkyl halides is 2. The average Bonchev–Trinajstić information content (AvgIpc) is 3.18. The molecule has 10 heteroatoms. The smallest absolute Gasteiger partial charge is 0.335 e. The second-order valence-corrected chi connectivity index (χ2v) is 7.76. The van der Waals surface area contributed by atoms with Crippen molar-refractivity contribution < 1.29 is 22.4 Å². The summed E-state index contributed by atoms with van der Waals surface area (Å²) in [4.78, 5) is 26.9. The van der Waals surface area contributed by atoms with Crippen molar-refractivity contribution in [1.82, 2.24) is 19.2 Å². The molecule has 2 aliphatic rings. The van der Waals surface area contributed by atoms with Crippen LogP contribution in [0, 0.1) is 11.6 Å². The standard InChI is InChI=1S/C19H20F4N4O2/c1-11-2-5-15(17(28)25-7-6-19(22,23)10-25)27-16(11)24-26(18(27)29)9-12-3-4-13(20)8-14(12)21/h3-4,8,11,15H,2,5-7,9-10H2,1H3. The molecule has 2 aromatic rings. The number of likely N-dealkylation sites (tertiary alicyclic amines) is 1. The van der Waals surface area contributed by atoms with Crippen molar-refractivity contribution in [2.24, 2.45) is 0 Å². The van der Waals surface area contributed by atoms with Crippen molar-refractivity contribution in [3.05, 3.63) is 51.7 Å². The molecule has 1 aromatic carbocycles. The number of halogens is 4. The fourth-order valence-corrected chi connectivity index (χ4v) is 4.01. The quantitative estimate of drug-likeness (QED) is 0.729. The summed E-state index contributed by atoms with van der Waals surface area (Å²) in [6, 6.07) is 2.13. The van der Waals surface area contributed by atoms with Crippen LogP contribution in [-0.4, -0.2) is 44.2 Å². The van der Waals surface area contributed by atoms with E-state index in [0.29, 0.717) is 18.7 Å². The van der Waals surface area contributed by atoms with E-state index < -0.39 is 48.2 Å². The molecule has 6 nitrogen and oxygen atoms in total. The summed E-state index contributed by atoms with van der Waals surface area (Å²) >= 11 is 0. The second-order valence-electron chi connectivity index (χ2n) is 7.76. The van der Waals surface area contributed by atoms with Gasteiger partial charge in [-0.25, -0.2) is 27.0 Å². The lowest BCUT2D eigenvalue weighted by Gasteiger charge is -2.29. The van der Waals surface area contributed by atoms with E-state index in [1.165, 1.54) is 10.6 Å². The topological polar surface area (TPSA) is 60.1 Å². The van der Waals surface area contributed by atoms with Crippen molar-refractivity contribution in [2.45, 2.75) is 50.6 Å². The fourth-order valence-electron chi connectivity index (χ4n) is 4.01. The van der Waals surface area contributed by atoms with E-state index >= 15 is 0 Å². The first-order valence-electron chi connectivity index (χ1n) is 9.46. The normalized spacial score (nSPS) is 23.3. The lowest BCUT2D eigenvalue weighted by atomic mass is 9.95. The minimum absolute atomic E-state index is 0.0586. The lowest BCUT2D eigenvalue weighted by Crippen LogP contribution is -2.42. The van der Waals surface area contributed by atoms with Gasteiger partial charge in [0.1, 0.15) is 23.5 Å². The first-order chi connectivity index (χ1) is 13.7. The van der Waals surface area contributed by atoms with Gasteiger partial charge in [-0.3, -0.25) is 9.36 Å². The Morgan fingerprint density at radius 2 is 2.03 bits per heavy atom. The number of aromatic nitrogens is 3. The average molecular weight is 412 g/mol. The maximum absolute atomic E-state index is 14.0. The highest BCUT2D eigenvalue weighted by Crippen LogP contribution is 2.34. The Morgan fingerprint density at radius 3 is 2.69 bits per heavy atom. The third kappa shape index (κ3) is 3.56. The van der Waals surface area contributed by atoms with Crippen LogP contribution in [0.4, 0.5) is 17.6 Å². The Labute approximate surface area is 163 Å². The molecule has 1 fully saturated rings. The summed E-state index contributed by atoms with van der Waals surface area (Å²) in [6.45, 7) is 0.917. The fraction of sp³-hybridized carbons (Fsp3) is 0.526. The van der Waals surface area contributed by atoms with E-state index in [1.54, 1.807) is 0 Å². The van der Waals surface area contributed by atoms with Crippen LogP contribution in [0.3, 0.4) is 0 Å². The molecule has 0 aliphatic carbocycles. The van der Waals surface area contributed by atoms with Crippen LogP contribution in [0.5, 0.6) is 0 Å².